The number of nitrogens with one attached hydrogen (secondary N) is 2. The molecule has 0 bridgehead atoms. The fourth-order valence-corrected chi connectivity index (χ4v) is 2.54. The van der Waals surface area contributed by atoms with Crippen LogP contribution < -0.4 is 10.6 Å². The summed E-state index contributed by atoms with van der Waals surface area (Å²) in [5, 5.41) is 33.3. The van der Waals surface area contributed by atoms with Crippen LogP contribution in [-0.4, -0.2) is 81.9 Å². The van der Waals surface area contributed by atoms with E-state index in [0.717, 1.165) is 0 Å². The number of urea groups is 1. The van der Waals surface area contributed by atoms with Crippen molar-refractivity contribution in [2.45, 2.75) is 36.7 Å². The second-order valence-corrected chi connectivity index (χ2v) is 4.79. The fourth-order valence-electron chi connectivity index (χ4n) is 2.54. The van der Waals surface area contributed by atoms with E-state index < -0.39 is 55.3 Å². The highest BCUT2D eigenvalue weighted by Crippen LogP contribution is 2.28. The Morgan fingerprint density at radius 1 is 1.35 bits per heavy atom. The number of imide groups is 1. The van der Waals surface area contributed by atoms with E-state index in [9.17, 15) is 19.8 Å². The summed E-state index contributed by atoms with van der Waals surface area (Å²) in [5.41, 5.74) is 0. The first-order chi connectivity index (χ1) is 9.52. The van der Waals surface area contributed by atoms with Gasteiger partial charge < -0.3 is 30.3 Å². The van der Waals surface area contributed by atoms with Crippen molar-refractivity contribution in [1.82, 2.24) is 15.5 Å². The van der Waals surface area contributed by atoms with E-state index >= 15 is 0 Å². The SMILES string of the molecule is O=C1NC(=O)C2N=CN(C3OC(CO)C(O)C3O)C2N1. The lowest BCUT2D eigenvalue weighted by Crippen LogP contribution is -2.65. The average molecular weight is 286 g/mol. The quantitative estimate of drug-likeness (QED) is 0.351. The van der Waals surface area contributed by atoms with Crippen molar-refractivity contribution in [3.05, 3.63) is 0 Å². The third-order valence-corrected chi connectivity index (χ3v) is 3.58. The van der Waals surface area contributed by atoms with Crippen LogP contribution in [0.5, 0.6) is 0 Å². The molecule has 0 aliphatic carbocycles. The first-order valence-electron chi connectivity index (χ1n) is 6.07. The minimum atomic E-state index is -1.29. The predicted molar refractivity (Wildman–Crippen MR) is 62.3 cm³/mol. The monoisotopic (exact) mass is 286 g/mol. The van der Waals surface area contributed by atoms with Crippen LogP contribution in [0.2, 0.25) is 0 Å². The van der Waals surface area contributed by atoms with E-state index in [-0.39, 0.29) is 0 Å². The van der Waals surface area contributed by atoms with Crippen molar-refractivity contribution in [2.24, 2.45) is 4.99 Å². The Balaban J connectivity index is 1.80. The summed E-state index contributed by atoms with van der Waals surface area (Å²) in [4.78, 5) is 28.2. The van der Waals surface area contributed by atoms with Crippen LogP contribution in [0.4, 0.5) is 4.79 Å². The number of nitrogens with zero attached hydrogens (tertiary/aromatic N) is 2. The molecule has 0 aromatic heterocycles. The van der Waals surface area contributed by atoms with Gasteiger partial charge in [-0.3, -0.25) is 15.1 Å². The van der Waals surface area contributed by atoms with E-state index in [1.165, 1.54) is 11.2 Å². The third-order valence-electron chi connectivity index (χ3n) is 3.58. The highest BCUT2D eigenvalue weighted by Gasteiger charge is 2.51. The van der Waals surface area contributed by atoms with Gasteiger partial charge in [0.2, 0.25) is 0 Å². The second kappa shape index (κ2) is 4.66. The molecule has 6 unspecified atom stereocenters. The van der Waals surface area contributed by atoms with Gasteiger partial charge in [0.05, 0.1) is 12.9 Å². The minimum Gasteiger partial charge on any atom is -0.394 e. The number of carbonyl (C=O) groups excluding carboxylic acids is 2. The summed E-state index contributed by atoms with van der Waals surface area (Å²) in [7, 11) is 0. The lowest BCUT2D eigenvalue weighted by molar-refractivity contribution is -0.125. The largest absolute Gasteiger partial charge is 0.394 e. The molecule has 0 radical (unpaired) electrons. The van der Waals surface area contributed by atoms with E-state index in [0.29, 0.717) is 0 Å². The van der Waals surface area contributed by atoms with Crippen molar-refractivity contribution in [2.75, 3.05) is 6.61 Å². The van der Waals surface area contributed by atoms with E-state index in [1.54, 1.807) is 0 Å². The molecule has 2 fully saturated rings. The molecule has 110 valence electrons. The number of hydrogen-bond donors (Lipinski definition) is 5. The first kappa shape index (κ1) is 13.2. The molecule has 6 atom stereocenters. The molecule has 2 saturated heterocycles. The van der Waals surface area contributed by atoms with Crippen LogP contribution >= 0.6 is 0 Å². The topological polar surface area (TPSA) is 144 Å². The number of aliphatic hydroxyl groups is 3. The number of carbonyl (C=O) groups is 2. The lowest BCUT2D eigenvalue weighted by atomic mass is 10.1. The van der Waals surface area contributed by atoms with Crippen LogP contribution in [0.3, 0.4) is 0 Å². The molecule has 3 aliphatic heterocycles. The van der Waals surface area contributed by atoms with Crippen molar-refractivity contribution in [3.8, 4) is 0 Å². The van der Waals surface area contributed by atoms with Crippen molar-refractivity contribution in [1.29, 1.82) is 0 Å². The zero-order valence-electron chi connectivity index (χ0n) is 10.2. The van der Waals surface area contributed by atoms with Gasteiger partial charge in [0.25, 0.3) is 5.91 Å². The summed E-state index contributed by atoms with van der Waals surface area (Å²) >= 11 is 0. The molecule has 3 rings (SSSR count). The Bertz CT molecular complexity index is 471. The van der Waals surface area contributed by atoms with Gasteiger partial charge in [-0.15, -0.1) is 0 Å². The molecule has 3 aliphatic rings. The van der Waals surface area contributed by atoms with E-state index in [4.69, 9.17) is 9.84 Å². The summed E-state index contributed by atoms with van der Waals surface area (Å²) in [6.07, 6.45) is -4.01. The molecular formula is C10H14N4O6. The molecule has 0 saturated carbocycles. The highest BCUT2D eigenvalue weighted by molar-refractivity contribution is 6.01. The predicted octanol–water partition coefficient (Wildman–Crippen LogP) is -3.70. The highest BCUT2D eigenvalue weighted by atomic mass is 16.6. The van der Waals surface area contributed by atoms with Crippen LogP contribution in [0, 0.1) is 0 Å². The number of fused-ring (bicyclic) bond motifs is 1. The standard InChI is InChI=1S/C10H14N4O6/c15-1-3-5(16)6(17)9(20-3)14-2-11-4-7(14)12-10(19)13-8(4)18/h2-7,9,15-17H,1H2,(H2,12,13,18,19). The zero-order chi connectivity index (χ0) is 14.4. The average Bonchev–Trinajstić information content (AvgIpc) is 2.93. The molecular weight excluding hydrogens is 272 g/mol. The maximum atomic E-state index is 11.6. The van der Waals surface area contributed by atoms with Crippen molar-refractivity contribution < 1.29 is 29.6 Å². The molecule has 0 aromatic carbocycles. The number of aliphatic hydroxyl groups excluding tert-OH is 3. The van der Waals surface area contributed by atoms with Gasteiger partial charge in [-0.2, -0.15) is 0 Å². The number of aliphatic imine (C=N–C) groups is 1. The molecule has 20 heavy (non-hydrogen) atoms. The lowest BCUT2D eigenvalue weighted by Gasteiger charge is -2.35. The van der Waals surface area contributed by atoms with Crippen LogP contribution in [0.15, 0.2) is 4.99 Å². The van der Waals surface area contributed by atoms with Gasteiger partial charge in [0.15, 0.2) is 12.3 Å². The van der Waals surface area contributed by atoms with Crippen molar-refractivity contribution in [3.63, 3.8) is 0 Å². The van der Waals surface area contributed by atoms with E-state index in [2.05, 4.69) is 15.6 Å². The minimum absolute atomic E-state index is 0.458. The van der Waals surface area contributed by atoms with Crippen molar-refractivity contribution >= 4 is 18.3 Å². The summed E-state index contributed by atoms with van der Waals surface area (Å²) in [6, 6.07) is -1.51. The molecule has 3 heterocycles. The number of amides is 3. The third kappa shape index (κ3) is 1.85. The molecule has 3 amide bonds. The Labute approximate surface area is 113 Å². The van der Waals surface area contributed by atoms with Gasteiger partial charge in [-0.25, -0.2) is 4.79 Å². The van der Waals surface area contributed by atoms with Crippen LogP contribution in [0.25, 0.3) is 0 Å². The van der Waals surface area contributed by atoms with Gasteiger partial charge in [0, 0.05) is 0 Å². The maximum Gasteiger partial charge on any atom is 0.323 e. The summed E-state index contributed by atoms with van der Waals surface area (Å²) < 4.78 is 5.34. The smallest absolute Gasteiger partial charge is 0.323 e. The summed E-state index contributed by atoms with van der Waals surface area (Å²) in [6.45, 7) is -0.458. The fraction of sp³-hybridized carbons (Fsp3) is 0.700. The van der Waals surface area contributed by atoms with E-state index in [1.807, 2.05) is 0 Å². The van der Waals surface area contributed by atoms with Gasteiger partial charge in [-0.05, 0) is 0 Å². The number of rotatable bonds is 2. The second-order valence-electron chi connectivity index (χ2n) is 4.79. The molecule has 10 nitrogen and oxygen atoms in total. The Kier molecular flexibility index (Phi) is 3.09. The molecule has 0 aromatic rings. The summed E-state index contributed by atoms with van der Waals surface area (Å²) in [5.74, 6) is -0.552. The zero-order valence-corrected chi connectivity index (χ0v) is 10.2. The Morgan fingerprint density at radius 2 is 2.10 bits per heavy atom. The maximum absolute atomic E-state index is 11.6. The van der Waals surface area contributed by atoms with Gasteiger partial charge in [0.1, 0.15) is 24.5 Å². The molecule has 10 heteroatoms. The van der Waals surface area contributed by atoms with Crippen LogP contribution in [-0.2, 0) is 9.53 Å². The normalized spacial score (nSPS) is 43.5. The first-order valence-corrected chi connectivity index (χ1v) is 6.07. The number of hydrogen-bond acceptors (Lipinski definition) is 8. The molecule has 5 N–H and O–H groups in total. The Hall–Kier alpha value is -1.75. The van der Waals surface area contributed by atoms with Crippen LogP contribution in [0.1, 0.15) is 0 Å². The van der Waals surface area contributed by atoms with Gasteiger partial charge >= 0.3 is 6.03 Å². The Morgan fingerprint density at radius 3 is 2.75 bits per heavy atom. The number of ether oxygens (including phenoxy) is 1. The molecule has 0 spiro atoms. The van der Waals surface area contributed by atoms with Gasteiger partial charge in [-0.1, -0.05) is 0 Å².